The summed E-state index contributed by atoms with van der Waals surface area (Å²) < 4.78 is 26.0. The summed E-state index contributed by atoms with van der Waals surface area (Å²) in [4.78, 5) is 0. The summed E-state index contributed by atoms with van der Waals surface area (Å²) in [5.41, 5.74) is 1.32. The second kappa shape index (κ2) is 4.94. The Morgan fingerprint density at radius 3 is 2.79 bits per heavy atom. The van der Waals surface area contributed by atoms with Crippen LogP contribution in [0.15, 0.2) is 12.2 Å². The minimum Gasteiger partial charge on any atom is -0.270 e. The molecule has 0 heterocycles. The van der Waals surface area contributed by atoms with E-state index in [2.05, 4.69) is 10.8 Å². The third-order valence-electron chi connectivity index (χ3n) is 2.62. The number of allylic oxidation sites excluding steroid dienone is 1. The van der Waals surface area contributed by atoms with Crippen molar-refractivity contribution in [1.29, 1.82) is 0 Å². The Balaban J connectivity index is 2.13. The van der Waals surface area contributed by atoms with Gasteiger partial charge in [-0.05, 0) is 38.0 Å². The lowest BCUT2D eigenvalue weighted by Gasteiger charge is -2.09. The molecule has 0 aromatic carbocycles. The van der Waals surface area contributed by atoms with Gasteiger partial charge in [-0.3, -0.25) is 4.18 Å². The van der Waals surface area contributed by atoms with E-state index in [-0.39, 0.29) is 0 Å². The zero-order chi connectivity index (χ0) is 10.6. The Morgan fingerprint density at radius 1 is 1.57 bits per heavy atom. The summed E-state index contributed by atoms with van der Waals surface area (Å²) in [5.74, 6) is 0.596. The van der Waals surface area contributed by atoms with Gasteiger partial charge in [-0.15, -0.1) is 0 Å². The van der Waals surface area contributed by atoms with E-state index in [0.717, 1.165) is 25.5 Å². The molecule has 1 unspecified atom stereocenters. The molecule has 1 atom stereocenters. The van der Waals surface area contributed by atoms with Gasteiger partial charge in [0.25, 0.3) is 10.1 Å². The minimum atomic E-state index is -3.26. The molecule has 1 aliphatic carbocycles. The molecule has 0 radical (unpaired) electrons. The van der Waals surface area contributed by atoms with Crippen LogP contribution in [0.25, 0.3) is 0 Å². The van der Waals surface area contributed by atoms with Gasteiger partial charge in [-0.1, -0.05) is 12.2 Å². The van der Waals surface area contributed by atoms with E-state index in [9.17, 15) is 8.42 Å². The van der Waals surface area contributed by atoms with Crippen molar-refractivity contribution in [3.05, 3.63) is 12.2 Å². The molecular weight excluding hydrogens is 200 g/mol. The average molecular weight is 218 g/mol. The second-order valence-corrected chi connectivity index (χ2v) is 5.56. The van der Waals surface area contributed by atoms with Gasteiger partial charge >= 0.3 is 0 Å². The summed E-state index contributed by atoms with van der Waals surface area (Å²) >= 11 is 0. The van der Waals surface area contributed by atoms with Gasteiger partial charge in [0.2, 0.25) is 0 Å². The Labute approximate surface area is 86.3 Å². The van der Waals surface area contributed by atoms with Gasteiger partial charge in [0.15, 0.2) is 0 Å². The van der Waals surface area contributed by atoms with Crippen molar-refractivity contribution in [2.45, 2.75) is 32.1 Å². The van der Waals surface area contributed by atoms with Crippen LogP contribution in [0, 0.1) is 5.92 Å². The van der Waals surface area contributed by atoms with Gasteiger partial charge in [0, 0.05) is 0 Å². The predicted molar refractivity (Wildman–Crippen MR) is 56.5 cm³/mol. The summed E-state index contributed by atoms with van der Waals surface area (Å²) in [6, 6.07) is 0. The Hall–Kier alpha value is -0.350. The van der Waals surface area contributed by atoms with Crippen molar-refractivity contribution < 1.29 is 12.6 Å². The molecule has 0 bridgehead atoms. The van der Waals surface area contributed by atoms with Crippen molar-refractivity contribution in [2.75, 3.05) is 12.9 Å². The first-order chi connectivity index (χ1) is 6.49. The quantitative estimate of drug-likeness (QED) is 0.403. The van der Waals surface area contributed by atoms with E-state index < -0.39 is 10.1 Å². The van der Waals surface area contributed by atoms with Crippen molar-refractivity contribution in [3.63, 3.8) is 0 Å². The first-order valence-corrected chi connectivity index (χ1v) is 6.83. The highest BCUT2D eigenvalue weighted by Gasteiger charge is 2.18. The first kappa shape index (κ1) is 11.7. The molecular formula is C10H18O3S. The normalized spacial score (nSPS) is 22.9. The van der Waals surface area contributed by atoms with Crippen LogP contribution in [-0.4, -0.2) is 21.3 Å². The highest BCUT2D eigenvalue weighted by molar-refractivity contribution is 7.85. The maximum absolute atomic E-state index is 10.7. The van der Waals surface area contributed by atoms with E-state index in [1.807, 2.05) is 0 Å². The zero-order valence-electron chi connectivity index (χ0n) is 8.66. The molecule has 1 rings (SSSR count). The zero-order valence-corrected chi connectivity index (χ0v) is 9.48. The monoisotopic (exact) mass is 218 g/mol. The lowest BCUT2D eigenvalue weighted by molar-refractivity contribution is 0.303. The molecule has 0 aliphatic heterocycles. The fraction of sp³-hybridized carbons (Fsp3) is 0.800. The largest absolute Gasteiger partial charge is 0.270 e. The molecule has 1 fully saturated rings. The molecule has 0 amide bonds. The fourth-order valence-corrected chi connectivity index (χ4v) is 2.29. The first-order valence-electron chi connectivity index (χ1n) is 5.01. The van der Waals surface area contributed by atoms with Crippen molar-refractivity contribution in [1.82, 2.24) is 0 Å². The molecule has 0 aromatic heterocycles. The third kappa shape index (κ3) is 4.24. The Kier molecular flexibility index (Phi) is 4.13. The van der Waals surface area contributed by atoms with Crippen LogP contribution in [0.4, 0.5) is 0 Å². The van der Waals surface area contributed by atoms with E-state index in [1.54, 1.807) is 0 Å². The molecule has 82 valence electrons. The van der Waals surface area contributed by atoms with Crippen LogP contribution >= 0.6 is 0 Å². The number of hydrogen-bond acceptors (Lipinski definition) is 3. The second-order valence-electron chi connectivity index (χ2n) is 3.92. The maximum Gasteiger partial charge on any atom is 0.264 e. The minimum absolute atomic E-state index is 0.308. The predicted octanol–water partition coefficient (Wildman–Crippen LogP) is 2.10. The molecule has 0 saturated heterocycles. The van der Waals surface area contributed by atoms with Crippen LogP contribution in [0.2, 0.25) is 0 Å². The summed E-state index contributed by atoms with van der Waals surface area (Å²) in [6.45, 7) is 4.31. The number of rotatable bonds is 5. The van der Waals surface area contributed by atoms with Gasteiger partial charge in [-0.25, -0.2) is 0 Å². The lowest BCUT2D eigenvalue weighted by Crippen LogP contribution is -2.06. The van der Waals surface area contributed by atoms with E-state index in [0.29, 0.717) is 12.5 Å². The van der Waals surface area contributed by atoms with Crippen LogP contribution in [0.1, 0.15) is 32.1 Å². The highest BCUT2D eigenvalue weighted by atomic mass is 32.2. The van der Waals surface area contributed by atoms with Crippen LogP contribution in [0.3, 0.4) is 0 Å². The van der Waals surface area contributed by atoms with Crippen molar-refractivity contribution in [2.24, 2.45) is 5.92 Å². The van der Waals surface area contributed by atoms with Crippen molar-refractivity contribution >= 4 is 10.1 Å². The lowest BCUT2D eigenvalue weighted by atomic mass is 9.99. The summed E-state index contributed by atoms with van der Waals surface area (Å²) in [5, 5.41) is 0. The van der Waals surface area contributed by atoms with E-state index in [1.165, 1.54) is 18.4 Å². The molecule has 4 heteroatoms. The Bertz CT molecular complexity index is 292. The SMILES string of the molecule is C=C1CCCC1CCCOS(C)(=O)=O. The maximum atomic E-state index is 10.7. The highest BCUT2D eigenvalue weighted by Crippen LogP contribution is 2.32. The molecule has 1 saturated carbocycles. The fourth-order valence-electron chi connectivity index (χ4n) is 1.87. The molecule has 0 N–H and O–H groups in total. The molecule has 0 aromatic rings. The van der Waals surface area contributed by atoms with Gasteiger partial charge in [-0.2, -0.15) is 8.42 Å². The van der Waals surface area contributed by atoms with Crippen LogP contribution in [-0.2, 0) is 14.3 Å². The van der Waals surface area contributed by atoms with Gasteiger partial charge < -0.3 is 0 Å². The van der Waals surface area contributed by atoms with Crippen LogP contribution in [0.5, 0.6) is 0 Å². The molecule has 3 nitrogen and oxygen atoms in total. The third-order valence-corrected chi connectivity index (χ3v) is 3.22. The Morgan fingerprint density at radius 2 is 2.29 bits per heavy atom. The molecule has 1 aliphatic rings. The summed E-state index contributed by atoms with van der Waals surface area (Å²) in [6.07, 6.45) is 6.47. The molecule has 14 heavy (non-hydrogen) atoms. The standard InChI is InChI=1S/C10H18O3S/c1-9-5-3-6-10(9)7-4-8-13-14(2,11)12/h10H,1,3-8H2,2H3. The van der Waals surface area contributed by atoms with Crippen LogP contribution < -0.4 is 0 Å². The van der Waals surface area contributed by atoms with Crippen molar-refractivity contribution in [3.8, 4) is 0 Å². The summed E-state index contributed by atoms with van der Waals surface area (Å²) in [7, 11) is -3.26. The van der Waals surface area contributed by atoms with Gasteiger partial charge in [0.05, 0.1) is 12.9 Å². The smallest absolute Gasteiger partial charge is 0.264 e. The topological polar surface area (TPSA) is 43.4 Å². The number of hydrogen-bond donors (Lipinski definition) is 0. The average Bonchev–Trinajstić information content (AvgIpc) is 2.44. The van der Waals surface area contributed by atoms with E-state index >= 15 is 0 Å². The van der Waals surface area contributed by atoms with Gasteiger partial charge in [0.1, 0.15) is 0 Å². The molecule has 0 spiro atoms. The van der Waals surface area contributed by atoms with E-state index in [4.69, 9.17) is 0 Å².